The van der Waals surface area contributed by atoms with E-state index in [9.17, 15) is 0 Å². The summed E-state index contributed by atoms with van der Waals surface area (Å²) in [6.07, 6.45) is 4.57. The highest BCUT2D eigenvalue weighted by Gasteiger charge is 2.10. The highest BCUT2D eigenvalue weighted by atomic mass is 79.9. The Morgan fingerprint density at radius 2 is 2.12 bits per heavy atom. The van der Waals surface area contributed by atoms with Crippen molar-refractivity contribution >= 4 is 72.6 Å². The number of hydrogen-bond acceptors (Lipinski definition) is 5. The lowest BCUT2D eigenvalue weighted by molar-refractivity contribution is 0.666. The van der Waals surface area contributed by atoms with Crippen molar-refractivity contribution in [3.63, 3.8) is 0 Å². The van der Waals surface area contributed by atoms with Crippen molar-refractivity contribution in [2.24, 2.45) is 0 Å². The number of imidazole rings is 1. The maximum atomic E-state index is 4.47. The van der Waals surface area contributed by atoms with Gasteiger partial charge in [-0.3, -0.25) is 4.98 Å². The van der Waals surface area contributed by atoms with Gasteiger partial charge in [-0.25, -0.2) is 4.98 Å². The molecule has 0 fully saturated rings. The van der Waals surface area contributed by atoms with Gasteiger partial charge in [0.05, 0.1) is 21.0 Å². The number of H-pyrrole nitrogens is 1. The Kier molecular flexibility index (Phi) is 7.49. The predicted octanol–water partition coefficient (Wildman–Crippen LogP) is 4.87. The van der Waals surface area contributed by atoms with Crippen LogP contribution in [0.4, 0.5) is 5.95 Å². The molecule has 9 heteroatoms. The second-order valence-corrected chi connectivity index (χ2v) is 8.39. The lowest BCUT2D eigenvalue weighted by Gasteiger charge is -2.05. The summed E-state index contributed by atoms with van der Waals surface area (Å²) < 4.78 is 2.33. The van der Waals surface area contributed by atoms with Crippen molar-refractivity contribution in [1.29, 1.82) is 0 Å². The number of thiophene rings is 1. The van der Waals surface area contributed by atoms with Crippen LogP contribution in [0.15, 0.2) is 26.7 Å². The number of nitrogens with zero attached hydrogens (tertiary/aromatic N) is 2. The fourth-order valence-corrected chi connectivity index (χ4v) is 4.62. The fraction of sp³-hybridized carbons (Fsp3) is 0.333. The van der Waals surface area contributed by atoms with Crippen LogP contribution in [0.3, 0.4) is 0 Å². The third-order valence-corrected chi connectivity index (χ3v) is 7.27. The Bertz CT molecular complexity index is 771. The van der Waals surface area contributed by atoms with Gasteiger partial charge in [0.2, 0.25) is 5.95 Å². The van der Waals surface area contributed by atoms with Gasteiger partial charge in [-0.05, 0) is 63.4 Å². The standard InChI is InChI=1S/C15H17Br2N5S.ClH/c1-9-12(23-14(17)13(9)16)8-18-4-2-5-20-15-21-10-3-6-19-7-11(10)22-15;/h3,6-7,18H,2,4-5,8H2,1H3,(H2,20,21,22);1H. The third kappa shape index (κ3) is 4.70. The van der Waals surface area contributed by atoms with Gasteiger partial charge in [0, 0.05) is 28.6 Å². The molecule has 3 N–H and O–H groups in total. The van der Waals surface area contributed by atoms with Gasteiger partial charge in [-0.2, -0.15) is 0 Å². The van der Waals surface area contributed by atoms with E-state index >= 15 is 0 Å². The first-order chi connectivity index (χ1) is 11.1. The highest BCUT2D eigenvalue weighted by molar-refractivity contribution is 9.13. The van der Waals surface area contributed by atoms with E-state index in [-0.39, 0.29) is 12.4 Å². The molecular formula is C15H18Br2ClN5S. The molecule has 5 nitrogen and oxygen atoms in total. The Morgan fingerprint density at radius 1 is 1.29 bits per heavy atom. The Hall–Kier alpha value is -0.670. The summed E-state index contributed by atoms with van der Waals surface area (Å²) in [4.78, 5) is 13.1. The lowest BCUT2D eigenvalue weighted by atomic mass is 10.3. The summed E-state index contributed by atoms with van der Waals surface area (Å²) in [6.45, 7) is 4.87. The van der Waals surface area contributed by atoms with Crippen molar-refractivity contribution in [2.75, 3.05) is 18.4 Å². The monoisotopic (exact) mass is 493 g/mol. The van der Waals surface area contributed by atoms with Crippen molar-refractivity contribution < 1.29 is 0 Å². The fourth-order valence-electron chi connectivity index (χ4n) is 2.23. The molecular weight excluding hydrogens is 478 g/mol. The maximum absolute atomic E-state index is 4.47. The Balaban J connectivity index is 0.00000208. The smallest absolute Gasteiger partial charge is 0.201 e. The minimum absolute atomic E-state index is 0. The van der Waals surface area contributed by atoms with Gasteiger partial charge in [-0.1, -0.05) is 0 Å². The SMILES string of the molecule is Cc1c(CNCCCNc2nc3ccncc3[nH]2)sc(Br)c1Br.Cl. The molecule has 3 rings (SSSR count). The number of halogens is 3. The third-order valence-electron chi connectivity index (χ3n) is 3.52. The Morgan fingerprint density at radius 3 is 2.83 bits per heavy atom. The summed E-state index contributed by atoms with van der Waals surface area (Å²) in [5, 5.41) is 6.79. The second kappa shape index (κ2) is 9.15. The number of pyridine rings is 1. The van der Waals surface area contributed by atoms with Crippen molar-refractivity contribution in [3.8, 4) is 0 Å². The molecule has 3 aromatic rings. The summed E-state index contributed by atoms with van der Waals surface area (Å²) in [5.74, 6) is 0.801. The molecule has 24 heavy (non-hydrogen) atoms. The largest absolute Gasteiger partial charge is 0.356 e. The van der Waals surface area contributed by atoms with Crippen LogP contribution in [0, 0.1) is 6.92 Å². The molecule has 0 unspecified atom stereocenters. The van der Waals surface area contributed by atoms with Gasteiger partial charge >= 0.3 is 0 Å². The van der Waals surface area contributed by atoms with Crippen LogP contribution >= 0.6 is 55.6 Å². The molecule has 0 aliphatic carbocycles. The molecule has 0 spiro atoms. The first-order valence-corrected chi connectivity index (χ1v) is 9.73. The van der Waals surface area contributed by atoms with Gasteiger partial charge in [0.1, 0.15) is 0 Å². The normalized spacial score (nSPS) is 10.8. The van der Waals surface area contributed by atoms with Crippen LogP contribution < -0.4 is 10.6 Å². The number of rotatable bonds is 7. The summed E-state index contributed by atoms with van der Waals surface area (Å²) in [6, 6.07) is 1.90. The minimum Gasteiger partial charge on any atom is -0.356 e. The molecule has 0 saturated carbocycles. The van der Waals surface area contributed by atoms with E-state index in [2.05, 4.69) is 64.4 Å². The van der Waals surface area contributed by atoms with Gasteiger partial charge < -0.3 is 15.6 Å². The molecule has 0 saturated heterocycles. The molecule has 0 atom stereocenters. The van der Waals surface area contributed by atoms with Crippen LogP contribution in [0.5, 0.6) is 0 Å². The average molecular weight is 496 g/mol. The number of aromatic nitrogens is 3. The predicted molar refractivity (Wildman–Crippen MR) is 110 cm³/mol. The molecule has 0 aromatic carbocycles. The van der Waals surface area contributed by atoms with Crippen molar-refractivity contribution in [3.05, 3.63) is 37.2 Å². The molecule has 0 aliphatic heterocycles. The van der Waals surface area contributed by atoms with Crippen LogP contribution in [-0.2, 0) is 6.54 Å². The average Bonchev–Trinajstić information content (AvgIpc) is 3.07. The maximum Gasteiger partial charge on any atom is 0.201 e. The van der Waals surface area contributed by atoms with Crippen LogP contribution in [0.1, 0.15) is 16.9 Å². The first kappa shape index (κ1) is 19.7. The van der Waals surface area contributed by atoms with E-state index in [0.717, 1.165) is 46.8 Å². The molecule has 0 radical (unpaired) electrons. The lowest BCUT2D eigenvalue weighted by Crippen LogP contribution is -2.17. The topological polar surface area (TPSA) is 65.6 Å². The van der Waals surface area contributed by atoms with E-state index in [1.165, 1.54) is 14.9 Å². The molecule has 0 aliphatic rings. The quantitative estimate of drug-likeness (QED) is 0.410. The van der Waals surface area contributed by atoms with Crippen molar-refractivity contribution in [2.45, 2.75) is 19.9 Å². The van der Waals surface area contributed by atoms with E-state index in [4.69, 9.17) is 0 Å². The minimum atomic E-state index is 0. The summed E-state index contributed by atoms with van der Waals surface area (Å²) in [7, 11) is 0. The highest BCUT2D eigenvalue weighted by Crippen LogP contribution is 2.36. The van der Waals surface area contributed by atoms with Crippen LogP contribution in [-0.4, -0.2) is 28.0 Å². The second-order valence-electron chi connectivity index (χ2n) is 5.17. The van der Waals surface area contributed by atoms with E-state index in [1.54, 1.807) is 23.7 Å². The molecule has 0 bridgehead atoms. The summed E-state index contributed by atoms with van der Waals surface area (Å²) in [5.41, 5.74) is 3.20. The number of aromatic amines is 1. The van der Waals surface area contributed by atoms with E-state index in [1.807, 2.05) is 6.07 Å². The van der Waals surface area contributed by atoms with Crippen LogP contribution in [0.25, 0.3) is 11.0 Å². The van der Waals surface area contributed by atoms with Gasteiger partial charge in [0.15, 0.2) is 0 Å². The number of fused-ring (bicyclic) bond motifs is 1. The Labute approximate surface area is 167 Å². The zero-order valence-corrected chi connectivity index (χ0v) is 17.8. The number of nitrogens with one attached hydrogen (secondary N) is 3. The zero-order chi connectivity index (χ0) is 16.2. The van der Waals surface area contributed by atoms with Crippen molar-refractivity contribution in [1.82, 2.24) is 20.3 Å². The number of anilines is 1. The molecule has 3 heterocycles. The first-order valence-electron chi connectivity index (χ1n) is 7.32. The van der Waals surface area contributed by atoms with E-state index in [0.29, 0.717) is 0 Å². The number of hydrogen-bond donors (Lipinski definition) is 3. The molecule has 130 valence electrons. The molecule has 0 amide bonds. The van der Waals surface area contributed by atoms with Gasteiger partial charge in [0.25, 0.3) is 0 Å². The molecule has 3 aromatic heterocycles. The summed E-state index contributed by atoms with van der Waals surface area (Å²) >= 11 is 8.92. The van der Waals surface area contributed by atoms with E-state index < -0.39 is 0 Å². The van der Waals surface area contributed by atoms with Crippen LogP contribution in [0.2, 0.25) is 0 Å². The zero-order valence-electron chi connectivity index (χ0n) is 13.0. The van der Waals surface area contributed by atoms with Gasteiger partial charge in [-0.15, -0.1) is 23.7 Å².